The summed E-state index contributed by atoms with van der Waals surface area (Å²) in [6.07, 6.45) is 8.11. The Morgan fingerprint density at radius 2 is 1.94 bits per heavy atom. The van der Waals surface area contributed by atoms with Gasteiger partial charge in [-0.05, 0) is 57.8 Å². The van der Waals surface area contributed by atoms with Crippen molar-refractivity contribution in [2.24, 2.45) is 17.3 Å². The van der Waals surface area contributed by atoms with E-state index in [1.807, 2.05) is 13.8 Å². The fourth-order valence-electron chi connectivity index (χ4n) is 4.24. The highest BCUT2D eigenvalue weighted by Crippen LogP contribution is 2.58. The Balaban J connectivity index is 1.85. The van der Waals surface area contributed by atoms with E-state index in [-0.39, 0.29) is 11.5 Å². The molecular weight excluding hydrogens is 200 g/mol. The second-order valence-electron chi connectivity index (χ2n) is 6.36. The maximum Gasteiger partial charge on any atom is 0.163 e. The molecule has 2 fully saturated rings. The standard InChI is InChI=1S/C14H22O2/c1-9(2)16-13(15)14-6-10-3-11(7-14)5-12(4-10)8-14/h6,9,11-13,15H,3-5,7-8H2,1-2H3. The Morgan fingerprint density at radius 1 is 1.31 bits per heavy atom. The third kappa shape index (κ3) is 1.63. The predicted octanol–water partition coefficient (Wildman–Crippen LogP) is 2.87. The van der Waals surface area contributed by atoms with Crippen LogP contribution >= 0.6 is 0 Å². The van der Waals surface area contributed by atoms with Gasteiger partial charge in [0.15, 0.2) is 6.29 Å². The van der Waals surface area contributed by atoms with Crippen LogP contribution in [-0.4, -0.2) is 17.5 Å². The van der Waals surface area contributed by atoms with Gasteiger partial charge in [0.2, 0.25) is 0 Å². The molecule has 0 saturated heterocycles. The molecule has 90 valence electrons. The number of allylic oxidation sites excluding steroid dienone is 1. The van der Waals surface area contributed by atoms with E-state index in [2.05, 4.69) is 6.08 Å². The molecule has 16 heavy (non-hydrogen) atoms. The van der Waals surface area contributed by atoms with Crippen LogP contribution in [0.1, 0.15) is 46.0 Å². The van der Waals surface area contributed by atoms with Gasteiger partial charge < -0.3 is 9.84 Å². The lowest BCUT2D eigenvalue weighted by atomic mass is 9.54. The monoisotopic (exact) mass is 222 g/mol. The molecule has 0 aromatic rings. The number of hydrogen-bond acceptors (Lipinski definition) is 2. The molecule has 3 unspecified atom stereocenters. The summed E-state index contributed by atoms with van der Waals surface area (Å²) in [6, 6.07) is 0. The predicted molar refractivity (Wildman–Crippen MR) is 62.8 cm³/mol. The van der Waals surface area contributed by atoms with E-state index in [0.717, 1.165) is 24.7 Å². The van der Waals surface area contributed by atoms with Gasteiger partial charge in [0.25, 0.3) is 0 Å². The topological polar surface area (TPSA) is 29.5 Å². The van der Waals surface area contributed by atoms with Crippen molar-refractivity contribution in [2.45, 2.75) is 58.3 Å². The van der Waals surface area contributed by atoms with Gasteiger partial charge in [-0.3, -0.25) is 0 Å². The summed E-state index contributed by atoms with van der Waals surface area (Å²) in [4.78, 5) is 0. The molecule has 0 aliphatic heterocycles. The molecule has 4 bridgehead atoms. The van der Waals surface area contributed by atoms with Crippen LogP contribution in [0.5, 0.6) is 0 Å². The van der Waals surface area contributed by atoms with E-state index in [1.54, 1.807) is 5.57 Å². The van der Waals surface area contributed by atoms with Gasteiger partial charge in [-0.2, -0.15) is 0 Å². The second-order valence-corrected chi connectivity index (χ2v) is 6.36. The SMILES string of the molecule is CC(C)OC(O)C12C=C3CC(CC(C3)C1)C2. The first-order valence-electron chi connectivity index (χ1n) is 6.61. The summed E-state index contributed by atoms with van der Waals surface area (Å²) < 4.78 is 5.65. The Kier molecular flexibility index (Phi) is 2.41. The number of aliphatic hydroxyl groups excluding tert-OH is 1. The highest BCUT2D eigenvalue weighted by molar-refractivity contribution is 5.24. The van der Waals surface area contributed by atoms with Crippen molar-refractivity contribution < 1.29 is 9.84 Å². The van der Waals surface area contributed by atoms with E-state index in [4.69, 9.17) is 4.74 Å². The molecule has 4 aliphatic rings. The molecule has 4 aliphatic carbocycles. The van der Waals surface area contributed by atoms with Crippen molar-refractivity contribution in [1.82, 2.24) is 0 Å². The van der Waals surface area contributed by atoms with Crippen molar-refractivity contribution in [3.8, 4) is 0 Å². The minimum atomic E-state index is -0.589. The molecule has 3 atom stereocenters. The van der Waals surface area contributed by atoms with Crippen molar-refractivity contribution in [2.75, 3.05) is 0 Å². The number of hydrogen-bond donors (Lipinski definition) is 1. The smallest absolute Gasteiger partial charge is 0.163 e. The lowest BCUT2D eigenvalue weighted by Crippen LogP contribution is -2.48. The van der Waals surface area contributed by atoms with Crippen LogP contribution in [0, 0.1) is 17.3 Å². The van der Waals surface area contributed by atoms with E-state index in [1.165, 1.54) is 19.3 Å². The van der Waals surface area contributed by atoms with Gasteiger partial charge in [-0.25, -0.2) is 0 Å². The molecule has 0 amide bonds. The zero-order chi connectivity index (χ0) is 11.3. The summed E-state index contributed by atoms with van der Waals surface area (Å²) in [6.45, 7) is 3.99. The molecule has 2 heteroatoms. The van der Waals surface area contributed by atoms with Crippen molar-refractivity contribution >= 4 is 0 Å². The fraction of sp³-hybridized carbons (Fsp3) is 0.857. The van der Waals surface area contributed by atoms with Crippen LogP contribution in [0.4, 0.5) is 0 Å². The fourth-order valence-corrected chi connectivity index (χ4v) is 4.24. The maximum atomic E-state index is 10.3. The Labute approximate surface area is 97.7 Å². The first kappa shape index (κ1) is 10.8. The normalized spacial score (nSPS) is 42.6. The molecule has 0 aromatic heterocycles. The van der Waals surface area contributed by atoms with Crippen LogP contribution in [0.15, 0.2) is 11.6 Å². The van der Waals surface area contributed by atoms with Crippen molar-refractivity contribution in [3.63, 3.8) is 0 Å². The molecule has 2 nitrogen and oxygen atoms in total. The third-order valence-corrected chi connectivity index (χ3v) is 4.49. The van der Waals surface area contributed by atoms with Gasteiger partial charge in [0.1, 0.15) is 0 Å². The van der Waals surface area contributed by atoms with Gasteiger partial charge in [0, 0.05) is 5.41 Å². The quantitative estimate of drug-likeness (QED) is 0.587. The maximum absolute atomic E-state index is 10.3. The molecule has 4 rings (SSSR count). The first-order valence-corrected chi connectivity index (χ1v) is 6.61. The average molecular weight is 222 g/mol. The van der Waals surface area contributed by atoms with E-state index in [0.29, 0.717) is 0 Å². The van der Waals surface area contributed by atoms with Gasteiger partial charge in [0.05, 0.1) is 6.10 Å². The van der Waals surface area contributed by atoms with E-state index >= 15 is 0 Å². The summed E-state index contributed by atoms with van der Waals surface area (Å²) in [7, 11) is 0. The summed E-state index contributed by atoms with van der Waals surface area (Å²) >= 11 is 0. The Bertz CT molecular complexity index is 303. The molecule has 2 saturated carbocycles. The zero-order valence-electron chi connectivity index (χ0n) is 10.3. The summed E-state index contributed by atoms with van der Waals surface area (Å²) in [5.41, 5.74) is 1.55. The highest BCUT2D eigenvalue weighted by Gasteiger charge is 2.50. The van der Waals surface area contributed by atoms with Crippen LogP contribution in [0.3, 0.4) is 0 Å². The van der Waals surface area contributed by atoms with Gasteiger partial charge in [-0.15, -0.1) is 0 Å². The van der Waals surface area contributed by atoms with Crippen LogP contribution in [0.25, 0.3) is 0 Å². The van der Waals surface area contributed by atoms with Crippen molar-refractivity contribution in [3.05, 3.63) is 11.6 Å². The molecule has 0 heterocycles. The number of aliphatic hydroxyl groups is 1. The molecule has 1 N–H and O–H groups in total. The minimum absolute atomic E-state index is 0.0380. The minimum Gasteiger partial charge on any atom is -0.367 e. The molecule has 0 spiro atoms. The average Bonchev–Trinajstić information content (AvgIpc) is 2.13. The lowest BCUT2D eigenvalue weighted by Gasteiger charge is -2.53. The van der Waals surface area contributed by atoms with Crippen LogP contribution in [-0.2, 0) is 4.74 Å². The Hall–Kier alpha value is -0.340. The first-order chi connectivity index (χ1) is 7.57. The molecule has 0 radical (unpaired) electrons. The highest BCUT2D eigenvalue weighted by atomic mass is 16.6. The van der Waals surface area contributed by atoms with Crippen LogP contribution in [0.2, 0.25) is 0 Å². The number of ether oxygens (including phenoxy) is 1. The summed E-state index contributed by atoms with van der Waals surface area (Å²) in [5.74, 6) is 1.64. The van der Waals surface area contributed by atoms with Crippen molar-refractivity contribution in [1.29, 1.82) is 0 Å². The van der Waals surface area contributed by atoms with Crippen LogP contribution < -0.4 is 0 Å². The van der Waals surface area contributed by atoms with E-state index < -0.39 is 6.29 Å². The van der Waals surface area contributed by atoms with Gasteiger partial charge in [-0.1, -0.05) is 11.6 Å². The van der Waals surface area contributed by atoms with Gasteiger partial charge >= 0.3 is 0 Å². The summed E-state index contributed by atoms with van der Waals surface area (Å²) in [5, 5.41) is 10.3. The zero-order valence-corrected chi connectivity index (χ0v) is 10.3. The van der Waals surface area contributed by atoms with E-state index in [9.17, 15) is 5.11 Å². The largest absolute Gasteiger partial charge is 0.367 e. The number of rotatable bonds is 3. The third-order valence-electron chi connectivity index (χ3n) is 4.49. The lowest BCUT2D eigenvalue weighted by molar-refractivity contribution is -0.201. The molecular formula is C14H22O2. The molecule has 0 aromatic carbocycles. The second kappa shape index (κ2) is 3.58. The Morgan fingerprint density at radius 3 is 2.44 bits per heavy atom.